The molecular weight excluding hydrogens is 388 g/mol. The Morgan fingerprint density at radius 1 is 1.00 bits per heavy atom. The van der Waals surface area contributed by atoms with Crippen LogP contribution in [0.2, 0.25) is 10.0 Å². The number of benzene rings is 2. The van der Waals surface area contributed by atoms with Gasteiger partial charge in [0.15, 0.2) is 0 Å². The molecule has 2 atom stereocenters. The quantitative estimate of drug-likeness (QED) is 0.661. The molecule has 0 fully saturated rings. The SMILES string of the molecule is NC(C(=O)N[C@@H](c1ccc(Cl)cc1)c1ncc(Cl)cc1F)c1ccccc1. The van der Waals surface area contributed by atoms with Crippen LogP contribution in [0.4, 0.5) is 4.39 Å². The molecule has 0 radical (unpaired) electrons. The molecule has 3 N–H and O–H groups in total. The largest absolute Gasteiger partial charge is 0.342 e. The van der Waals surface area contributed by atoms with Gasteiger partial charge in [-0.1, -0.05) is 65.7 Å². The van der Waals surface area contributed by atoms with Crippen molar-refractivity contribution in [3.63, 3.8) is 0 Å². The van der Waals surface area contributed by atoms with Crippen molar-refractivity contribution in [2.45, 2.75) is 12.1 Å². The molecule has 0 aliphatic carbocycles. The Kier molecular flexibility index (Phi) is 6.06. The van der Waals surface area contributed by atoms with Gasteiger partial charge in [-0.25, -0.2) is 4.39 Å². The standard InChI is InChI=1S/C20H16Cl2FN3O/c21-14-8-6-13(7-9-14)18(19-16(23)10-15(22)11-25-19)26-20(27)17(24)12-4-2-1-3-5-12/h1-11,17-18H,24H2,(H,26,27)/t17?,18-/m0/s1. The van der Waals surface area contributed by atoms with Crippen LogP contribution in [0.1, 0.15) is 28.9 Å². The minimum atomic E-state index is -0.906. The Labute approximate surface area is 166 Å². The zero-order valence-corrected chi connectivity index (χ0v) is 15.6. The van der Waals surface area contributed by atoms with Crippen molar-refractivity contribution in [2.75, 3.05) is 0 Å². The Hall–Kier alpha value is -2.47. The van der Waals surface area contributed by atoms with Crippen LogP contribution in [-0.2, 0) is 4.79 Å². The summed E-state index contributed by atoms with van der Waals surface area (Å²) < 4.78 is 14.5. The third-order valence-electron chi connectivity index (χ3n) is 4.04. The molecular formula is C20H16Cl2FN3O. The zero-order valence-electron chi connectivity index (χ0n) is 14.1. The summed E-state index contributed by atoms with van der Waals surface area (Å²) in [5.74, 6) is -1.09. The molecule has 7 heteroatoms. The van der Waals surface area contributed by atoms with E-state index in [0.29, 0.717) is 16.1 Å². The van der Waals surface area contributed by atoms with Crippen molar-refractivity contribution in [3.05, 3.63) is 99.5 Å². The first-order valence-electron chi connectivity index (χ1n) is 8.13. The van der Waals surface area contributed by atoms with E-state index in [1.807, 2.05) is 6.07 Å². The summed E-state index contributed by atoms with van der Waals surface area (Å²) in [7, 11) is 0. The molecule has 1 heterocycles. The van der Waals surface area contributed by atoms with Crippen LogP contribution in [0, 0.1) is 5.82 Å². The van der Waals surface area contributed by atoms with Crippen LogP contribution in [0.3, 0.4) is 0 Å². The maximum atomic E-state index is 14.5. The summed E-state index contributed by atoms with van der Waals surface area (Å²) >= 11 is 11.7. The van der Waals surface area contributed by atoms with Gasteiger partial charge < -0.3 is 11.1 Å². The average Bonchev–Trinajstić information content (AvgIpc) is 2.67. The molecule has 27 heavy (non-hydrogen) atoms. The van der Waals surface area contributed by atoms with E-state index < -0.39 is 23.8 Å². The molecule has 1 aromatic heterocycles. The topological polar surface area (TPSA) is 68.0 Å². The average molecular weight is 404 g/mol. The van der Waals surface area contributed by atoms with Gasteiger partial charge in [0.25, 0.3) is 0 Å². The van der Waals surface area contributed by atoms with E-state index in [1.165, 1.54) is 6.20 Å². The predicted molar refractivity (Wildman–Crippen MR) is 104 cm³/mol. The number of amides is 1. The maximum Gasteiger partial charge on any atom is 0.242 e. The minimum Gasteiger partial charge on any atom is -0.342 e. The number of pyridine rings is 1. The summed E-state index contributed by atoms with van der Waals surface area (Å²) in [6, 6.07) is 15.0. The Bertz CT molecular complexity index is 936. The van der Waals surface area contributed by atoms with E-state index in [2.05, 4.69) is 10.3 Å². The van der Waals surface area contributed by atoms with Crippen LogP contribution in [0.5, 0.6) is 0 Å². The van der Waals surface area contributed by atoms with Gasteiger partial charge in [0.05, 0.1) is 11.1 Å². The molecule has 2 aromatic carbocycles. The Balaban J connectivity index is 1.94. The molecule has 0 bridgehead atoms. The predicted octanol–water partition coefficient (Wildman–Crippen LogP) is 4.43. The lowest BCUT2D eigenvalue weighted by Gasteiger charge is -2.22. The Morgan fingerprint density at radius 3 is 2.30 bits per heavy atom. The number of halogens is 3. The number of nitrogens with zero attached hydrogens (tertiary/aromatic N) is 1. The molecule has 3 aromatic rings. The number of hydrogen-bond acceptors (Lipinski definition) is 3. The molecule has 0 aliphatic heterocycles. The summed E-state index contributed by atoms with van der Waals surface area (Å²) in [4.78, 5) is 16.8. The second-order valence-electron chi connectivity index (χ2n) is 5.90. The van der Waals surface area contributed by atoms with E-state index in [1.54, 1.807) is 48.5 Å². The van der Waals surface area contributed by atoms with Gasteiger partial charge in [-0.05, 0) is 29.3 Å². The van der Waals surface area contributed by atoms with Crippen molar-refractivity contribution in [1.82, 2.24) is 10.3 Å². The molecule has 138 valence electrons. The highest BCUT2D eigenvalue weighted by Crippen LogP contribution is 2.26. The van der Waals surface area contributed by atoms with Gasteiger partial charge >= 0.3 is 0 Å². The van der Waals surface area contributed by atoms with E-state index >= 15 is 0 Å². The van der Waals surface area contributed by atoms with Gasteiger partial charge in [-0.15, -0.1) is 0 Å². The minimum absolute atomic E-state index is 0.0373. The molecule has 3 rings (SSSR count). The zero-order chi connectivity index (χ0) is 19.4. The molecule has 1 amide bonds. The second-order valence-corrected chi connectivity index (χ2v) is 6.77. The van der Waals surface area contributed by atoms with Gasteiger partial charge in [0.2, 0.25) is 5.91 Å². The normalized spacial score (nSPS) is 13.0. The van der Waals surface area contributed by atoms with Gasteiger partial charge in [-0.3, -0.25) is 9.78 Å². The highest BCUT2D eigenvalue weighted by Gasteiger charge is 2.25. The Morgan fingerprint density at radius 2 is 1.67 bits per heavy atom. The fourth-order valence-corrected chi connectivity index (χ4v) is 2.92. The smallest absolute Gasteiger partial charge is 0.242 e. The maximum absolute atomic E-state index is 14.5. The van der Waals surface area contributed by atoms with Gasteiger partial charge in [-0.2, -0.15) is 0 Å². The van der Waals surface area contributed by atoms with Crippen LogP contribution in [-0.4, -0.2) is 10.9 Å². The van der Waals surface area contributed by atoms with E-state index in [-0.39, 0.29) is 10.7 Å². The molecule has 0 spiro atoms. The van der Waals surface area contributed by atoms with Gasteiger partial charge in [0, 0.05) is 11.2 Å². The summed E-state index contributed by atoms with van der Waals surface area (Å²) in [5, 5.41) is 3.46. The number of carbonyl (C=O) groups excluding carboxylic acids is 1. The van der Waals surface area contributed by atoms with E-state index in [4.69, 9.17) is 28.9 Å². The number of aromatic nitrogens is 1. The lowest BCUT2D eigenvalue weighted by Crippen LogP contribution is -2.37. The summed E-state index contributed by atoms with van der Waals surface area (Å²) in [6.45, 7) is 0. The first kappa shape index (κ1) is 19.3. The number of hydrogen-bond donors (Lipinski definition) is 2. The highest BCUT2D eigenvalue weighted by atomic mass is 35.5. The first-order valence-corrected chi connectivity index (χ1v) is 8.88. The van der Waals surface area contributed by atoms with Crippen LogP contribution in [0.25, 0.3) is 0 Å². The van der Waals surface area contributed by atoms with Crippen molar-refractivity contribution in [1.29, 1.82) is 0 Å². The number of carbonyl (C=O) groups is 1. The van der Waals surface area contributed by atoms with Crippen molar-refractivity contribution < 1.29 is 9.18 Å². The molecule has 1 unspecified atom stereocenters. The second kappa shape index (κ2) is 8.48. The molecule has 0 saturated heterocycles. The molecule has 0 aliphatic rings. The first-order chi connectivity index (χ1) is 13.0. The fraction of sp³-hybridized carbons (Fsp3) is 0.100. The molecule has 4 nitrogen and oxygen atoms in total. The third kappa shape index (κ3) is 4.63. The summed E-state index contributed by atoms with van der Waals surface area (Å²) in [5.41, 5.74) is 7.36. The lowest BCUT2D eigenvalue weighted by atomic mass is 10.0. The summed E-state index contributed by atoms with van der Waals surface area (Å²) in [6.07, 6.45) is 1.33. The van der Waals surface area contributed by atoms with Crippen LogP contribution < -0.4 is 11.1 Å². The van der Waals surface area contributed by atoms with Crippen LogP contribution >= 0.6 is 23.2 Å². The van der Waals surface area contributed by atoms with Crippen LogP contribution in [0.15, 0.2) is 66.9 Å². The van der Waals surface area contributed by atoms with Gasteiger partial charge in [0.1, 0.15) is 17.6 Å². The van der Waals surface area contributed by atoms with Crippen molar-refractivity contribution >= 4 is 29.1 Å². The third-order valence-corrected chi connectivity index (χ3v) is 4.50. The number of nitrogens with one attached hydrogen (secondary N) is 1. The van der Waals surface area contributed by atoms with Crippen molar-refractivity contribution in [3.8, 4) is 0 Å². The number of nitrogens with two attached hydrogens (primary N) is 1. The monoisotopic (exact) mass is 403 g/mol. The highest BCUT2D eigenvalue weighted by molar-refractivity contribution is 6.30. The number of rotatable bonds is 5. The lowest BCUT2D eigenvalue weighted by molar-refractivity contribution is -0.123. The molecule has 0 saturated carbocycles. The van der Waals surface area contributed by atoms with E-state index in [9.17, 15) is 9.18 Å². The van der Waals surface area contributed by atoms with Crippen molar-refractivity contribution in [2.24, 2.45) is 5.73 Å². The fourth-order valence-electron chi connectivity index (χ4n) is 2.65. The van der Waals surface area contributed by atoms with E-state index in [0.717, 1.165) is 6.07 Å².